The molecule has 0 atom stereocenters. The van der Waals surface area contributed by atoms with E-state index in [4.69, 9.17) is 0 Å². The van der Waals surface area contributed by atoms with Gasteiger partial charge in [-0.2, -0.15) is 0 Å². The predicted molar refractivity (Wildman–Crippen MR) is 54.1 cm³/mol. The Morgan fingerprint density at radius 1 is 1.33 bits per heavy atom. The monoisotopic (exact) mass is 178 g/mol. The molecule has 62 valence electrons. The summed E-state index contributed by atoms with van der Waals surface area (Å²) in [5, 5.41) is -0.212. The van der Waals surface area contributed by atoms with Crippen LogP contribution in [0.2, 0.25) is 0 Å². The van der Waals surface area contributed by atoms with E-state index < -0.39 is 0 Å². The van der Waals surface area contributed by atoms with Crippen molar-refractivity contribution in [2.45, 2.75) is 6.92 Å². The second-order valence-electron chi connectivity index (χ2n) is 2.53. The summed E-state index contributed by atoms with van der Waals surface area (Å²) in [4.78, 5) is 10.6. The van der Waals surface area contributed by atoms with Gasteiger partial charge in [-0.25, -0.2) is 0 Å². The molecule has 1 rings (SSSR count). The Labute approximate surface area is 77.5 Å². The van der Waals surface area contributed by atoms with Gasteiger partial charge in [0.1, 0.15) is 0 Å². The van der Waals surface area contributed by atoms with Gasteiger partial charge < -0.3 is 0 Å². The lowest BCUT2D eigenvalue weighted by molar-refractivity contribution is -0.106. The first kappa shape index (κ1) is 9.07. The zero-order chi connectivity index (χ0) is 8.97. The lowest BCUT2D eigenvalue weighted by Crippen LogP contribution is -1.82. The second-order valence-corrected chi connectivity index (χ2v) is 2.97. The van der Waals surface area contributed by atoms with Crippen LogP contribution in [0.25, 0.3) is 5.57 Å². The highest BCUT2D eigenvalue weighted by atomic mass is 32.1. The van der Waals surface area contributed by atoms with Gasteiger partial charge in [0.25, 0.3) is 0 Å². The molecular weight excluding hydrogens is 168 g/mol. The number of carbonyl (C=O) groups is 1. The number of allylic oxidation sites excluding steroid dienone is 1. The summed E-state index contributed by atoms with van der Waals surface area (Å²) in [7, 11) is 0. The maximum atomic E-state index is 10.6. The fourth-order valence-electron chi connectivity index (χ4n) is 0.970. The van der Waals surface area contributed by atoms with Crippen LogP contribution in [-0.4, -0.2) is 5.12 Å². The molecule has 1 aromatic carbocycles. The van der Waals surface area contributed by atoms with Crippen LogP contribution in [0.15, 0.2) is 36.4 Å². The lowest BCUT2D eigenvalue weighted by atomic mass is 10.1. The van der Waals surface area contributed by atoms with Crippen molar-refractivity contribution in [1.29, 1.82) is 0 Å². The van der Waals surface area contributed by atoms with Crippen LogP contribution >= 0.6 is 12.6 Å². The van der Waals surface area contributed by atoms with E-state index in [1.165, 1.54) is 6.08 Å². The highest BCUT2D eigenvalue weighted by Crippen LogP contribution is 2.12. The van der Waals surface area contributed by atoms with Crippen molar-refractivity contribution < 1.29 is 4.79 Å². The fourth-order valence-corrected chi connectivity index (χ4v) is 1.16. The minimum absolute atomic E-state index is 0.212. The summed E-state index contributed by atoms with van der Waals surface area (Å²) in [5.41, 5.74) is 2.00. The smallest absolute Gasteiger partial charge is 0.209 e. The maximum absolute atomic E-state index is 10.6. The molecule has 0 saturated heterocycles. The summed E-state index contributed by atoms with van der Waals surface area (Å²) >= 11 is 3.67. The normalized spacial score (nSPS) is 11.3. The van der Waals surface area contributed by atoms with Gasteiger partial charge in [-0.15, -0.1) is 12.6 Å². The molecule has 0 amide bonds. The van der Waals surface area contributed by atoms with Crippen LogP contribution in [0.3, 0.4) is 0 Å². The Morgan fingerprint density at radius 2 is 1.92 bits per heavy atom. The predicted octanol–water partition coefficient (Wildman–Crippen LogP) is 2.55. The molecule has 0 aliphatic heterocycles. The molecule has 0 N–H and O–H groups in total. The quantitative estimate of drug-likeness (QED) is 0.544. The first-order valence-corrected chi connectivity index (χ1v) is 4.11. The summed E-state index contributed by atoms with van der Waals surface area (Å²) in [5.74, 6) is 0. The minimum Gasteiger partial charge on any atom is -0.283 e. The molecule has 0 aliphatic carbocycles. The van der Waals surface area contributed by atoms with Crippen LogP contribution < -0.4 is 0 Å². The van der Waals surface area contributed by atoms with Crippen LogP contribution in [0, 0.1) is 0 Å². The second kappa shape index (κ2) is 4.12. The Morgan fingerprint density at radius 3 is 2.42 bits per heavy atom. The van der Waals surface area contributed by atoms with E-state index in [1.54, 1.807) is 0 Å². The largest absolute Gasteiger partial charge is 0.283 e. The number of hydrogen-bond acceptors (Lipinski definition) is 1. The van der Waals surface area contributed by atoms with Crippen LogP contribution in [-0.2, 0) is 4.79 Å². The molecule has 0 radical (unpaired) electrons. The van der Waals surface area contributed by atoms with E-state index in [0.29, 0.717) is 0 Å². The van der Waals surface area contributed by atoms with Gasteiger partial charge in [0.05, 0.1) is 0 Å². The Kier molecular flexibility index (Phi) is 3.11. The molecule has 1 aromatic rings. The summed E-state index contributed by atoms with van der Waals surface area (Å²) in [6.07, 6.45) is 1.51. The molecule has 2 heteroatoms. The third kappa shape index (κ3) is 2.55. The minimum atomic E-state index is -0.212. The van der Waals surface area contributed by atoms with E-state index in [0.717, 1.165) is 11.1 Å². The van der Waals surface area contributed by atoms with Crippen LogP contribution in [0.4, 0.5) is 0 Å². The maximum Gasteiger partial charge on any atom is 0.209 e. The van der Waals surface area contributed by atoms with Crippen molar-refractivity contribution in [3.8, 4) is 0 Å². The topological polar surface area (TPSA) is 17.1 Å². The molecule has 0 fully saturated rings. The van der Waals surface area contributed by atoms with Crippen molar-refractivity contribution in [2.24, 2.45) is 0 Å². The molecule has 0 saturated carbocycles. The third-order valence-corrected chi connectivity index (χ3v) is 1.70. The Balaban J connectivity index is 2.93. The first-order valence-electron chi connectivity index (χ1n) is 3.67. The highest BCUT2D eigenvalue weighted by Gasteiger charge is 1.94. The SMILES string of the molecule is CC(=CC(=O)S)c1ccccc1. The molecule has 0 spiro atoms. The average Bonchev–Trinajstić information content (AvgIpc) is 2.05. The molecular formula is C10H10OS. The van der Waals surface area contributed by atoms with Crippen LogP contribution in [0.5, 0.6) is 0 Å². The standard InChI is InChI=1S/C10H10OS/c1-8(7-10(11)12)9-5-3-2-4-6-9/h2-7H,1H3,(H,11,12). The zero-order valence-electron chi connectivity index (χ0n) is 6.82. The summed E-state index contributed by atoms with van der Waals surface area (Å²) in [6, 6.07) is 9.75. The lowest BCUT2D eigenvalue weighted by Gasteiger charge is -1.98. The number of rotatable bonds is 2. The third-order valence-electron chi connectivity index (χ3n) is 1.57. The number of hydrogen-bond donors (Lipinski definition) is 1. The van der Waals surface area contributed by atoms with Gasteiger partial charge in [-0.1, -0.05) is 30.3 Å². The van der Waals surface area contributed by atoms with E-state index in [2.05, 4.69) is 12.6 Å². The Hall–Kier alpha value is -1.02. The molecule has 0 aliphatic rings. The van der Waals surface area contributed by atoms with E-state index in [9.17, 15) is 4.79 Å². The van der Waals surface area contributed by atoms with Crippen molar-refractivity contribution in [3.63, 3.8) is 0 Å². The van der Waals surface area contributed by atoms with E-state index in [1.807, 2.05) is 37.3 Å². The molecule has 0 aromatic heterocycles. The molecule has 0 unspecified atom stereocenters. The van der Waals surface area contributed by atoms with Gasteiger partial charge in [0.15, 0.2) is 0 Å². The van der Waals surface area contributed by atoms with Crippen molar-refractivity contribution in [1.82, 2.24) is 0 Å². The van der Waals surface area contributed by atoms with E-state index in [-0.39, 0.29) is 5.12 Å². The van der Waals surface area contributed by atoms with E-state index >= 15 is 0 Å². The highest BCUT2D eigenvalue weighted by molar-refractivity contribution is 7.97. The zero-order valence-corrected chi connectivity index (χ0v) is 7.71. The molecule has 0 bridgehead atoms. The van der Waals surface area contributed by atoms with Gasteiger partial charge in [-0.3, -0.25) is 4.79 Å². The Bertz CT molecular complexity index is 301. The van der Waals surface area contributed by atoms with Crippen molar-refractivity contribution in [2.75, 3.05) is 0 Å². The van der Waals surface area contributed by atoms with Gasteiger partial charge in [-0.05, 0) is 24.1 Å². The van der Waals surface area contributed by atoms with Crippen molar-refractivity contribution >= 4 is 23.3 Å². The average molecular weight is 178 g/mol. The van der Waals surface area contributed by atoms with Gasteiger partial charge in [0, 0.05) is 0 Å². The number of carbonyl (C=O) groups excluding carboxylic acids is 1. The van der Waals surface area contributed by atoms with Crippen LogP contribution in [0.1, 0.15) is 12.5 Å². The van der Waals surface area contributed by atoms with Gasteiger partial charge >= 0.3 is 0 Å². The van der Waals surface area contributed by atoms with Crippen molar-refractivity contribution in [3.05, 3.63) is 42.0 Å². The first-order chi connectivity index (χ1) is 5.70. The summed E-state index contributed by atoms with van der Waals surface area (Å²) < 4.78 is 0. The molecule has 12 heavy (non-hydrogen) atoms. The number of thiol groups is 1. The fraction of sp³-hybridized carbons (Fsp3) is 0.100. The molecule has 1 nitrogen and oxygen atoms in total. The summed E-state index contributed by atoms with van der Waals surface area (Å²) in [6.45, 7) is 1.89. The van der Waals surface area contributed by atoms with Gasteiger partial charge in [0.2, 0.25) is 5.12 Å². The molecule has 0 heterocycles. The number of benzene rings is 1.